The van der Waals surface area contributed by atoms with E-state index in [9.17, 15) is 14.7 Å². The van der Waals surface area contributed by atoms with Crippen molar-refractivity contribution in [1.29, 1.82) is 0 Å². The van der Waals surface area contributed by atoms with Crippen molar-refractivity contribution in [1.82, 2.24) is 0 Å². The van der Waals surface area contributed by atoms with Gasteiger partial charge in [-0.15, -0.1) is 0 Å². The lowest BCUT2D eigenvalue weighted by Crippen LogP contribution is -2.43. The predicted molar refractivity (Wildman–Crippen MR) is 99.5 cm³/mol. The fourth-order valence-electron chi connectivity index (χ4n) is 5.88. The number of carbonyl (C=O) groups is 2. The molecular weight excluding hydrogens is 344 g/mol. The number of carboxylic acids is 1. The van der Waals surface area contributed by atoms with Gasteiger partial charge in [-0.3, -0.25) is 0 Å². The Morgan fingerprint density at radius 3 is 2.78 bits per heavy atom. The molecule has 0 aromatic heterocycles. The summed E-state index contributed by atoms with van der Waals surface area (Å²) in [4.78, 5) is 22.2. The number of rotatable bonds is 3. The first-order valence-corrected chi connectivity index (χ1v) is 9.82. The van der Waals surface area contributed by atoms with Gasteiger partial charge in [0.1, 0.15) is 5.75 Å². The zero-order chi connectivity index (χ0) is 19.2. The monoisotopic (exact) mass is 370 g/mol. The van der Waals surface area contributed by atoms with Gasteiger partial charge in [0.25, 0.3) is 0 Å². The van der Waals surface area contributed by atoms with Crippen LogP contribution in [-0.2, 0) is 16.0 Å². The maximum Gasteiger partial charge on any atom is 0.336 e. The van der Waals surface area contributed by atoms with Gasteiger partial charge in [-0.25, -0.2) is 9.59 Å². The van der Waals surface area contributed by atoms with Crippen LogP contribution in [0.1, 0.15) is 56.1 Å². The average molecular weight is 370 g/mol. The topological polar surface area (TPSA) is 83.8 Å². The maximum absolute atomic E-state index is 11.7. The van der Waals surface area contributed by atoms with Gasteiger partial charge in [0.2, 0.25) is 0 Å². The number of aryl methyl sites for hydroxylation is 1. The number of ether oxygens (including phenoxy) is 1. The summed E-state index contributed by atoms with van der Waals surface area (Å²) in [5.74, 6) is 0.348. The zero-order valence-electron chi connectivity index (χ0n) is 15.6. The third-order valence-electron chi connectivity index (χ3n) is 7.23. The summed E-state index contributed by atoms with van der Waals surface area (Å²) in [5, 5.41) is 19.1. The molecular formula is C22H26O5. The van der Waals surface area contributed by atoms with E-state index in [0.29, 0.717) is 23.5 Å². The highest BCUT2D eigenvalue weighted by molar-refractivity contribution is 5.91. The molecule has 2 N–H and O–H groups in total. The molecule has 0 radical (unpaired) electrons. The highest BCUT2D eigenvalue weighted by atomic mass is 16.5. The molecule has 2 saturated carbocycles. The van der Waals surface area contributed by atoms with E-state index >= 15 is 0 Å². The van der Waals surface area contributed by atoms with E-state index in [-0.39, 0.29) is 11.5 Å². The Morgan fingerprint density at radius 2 is 2.00 bits per heavy atom. The number of benzene rings is 1. The Labute approximate surface area is 159 Å². The largest absolute Gasteiger partial charge is 0.478 e. The molecule has 0 aliphatic heterocycles. The lowest BCUT2D eigenvalue weighted by atomic mass is 9.55. The molecule has 3 aliphatic rings. The number of hydrogen-bond donors (Lipinski definition) is 2. The summed E-state index contributed by atoms with van der Waals surface area (Å²) >= 11 is 0. The molecule has 3 unspecified atom stereocenters. The SMILES string of the molecule is C[C@]12CCC3c4ccc(OC(=O)C=CC(=O)O)cc4CCC3C1CC[C@@H]2O. The first-order chi connectivity index (χ1) is 12.9. The highest BCUT2D eigenvalue weighted by Gasteiger charge is 2.54. The second kappa shape index (κ2) is 6.79. The number of carbonyl (C=O) groups excluding carboxylic acids is 1. The van der Waals surface area contributed by atoms with E-state index in [1.54, 1.807) is 0 Å². The van der Waals surface area contributed by atoms with Crippen LogP contribution >= 0.6 is 0 Å². The van der Waals surface area contributed by atoms with Crippen LogP contribution < -0.4 is 4.74 Å². The third-order valence-corrected chi connectivity index (χ3v) is 7.23. The fraction of sp³-hybridized carbons (Fsp3) is 0.545. The molecule has 5 heteroatoms. The van der Waals surface area contributed by atoms with Crippen LogP contribution in [0.3, 0.4) is 0 Å². The van der Waals surface area contributed by atoms with Crippen molar-refractivity contribution in [3.8, 4) is 5.75 Å². The van der Waals surface area contributed by atoms with E-state index < -0.39 is 11.9 Å². The fourth-order valence-corrected chi connectivity index (χ4v) is 5.88. The van der Waals surface area contributed by atoms with Crippen LogP contribution in [0.2, 0.25) is 0 Å². The summed E-state index contributed by atoms with van der Waals surface area (Å²) in [7, 11) is 0. The van der Waals surface area contributed by atoms with Crippen LogP contribution in [0.4, 0.5) is 0 Å². The van der Waals surface area contributed by atoms with E-state index in [4.69, 9.17) is 9.84 Å². The van der Waals surface area contributed by atoms with Gasteiger partial charge in [0.05, 0.1) is 6.10 Å². The van der Waals surface area contributed by atoms with Gasteiger partial charge in [0.15, 0.2) is 0 Å². The molecule has 5 atom stereocenters. The number of aliphatic carboxylic acids is 1. The first-order valence-electron chi connectivity index (χ1n) is 9.82. The molecule has 0 heterocycles. The quantitative estimate of drug-likeness (QED) is 0.484. The molecule has 1 aromatic carbocycles. The van der Waals surface area contributed by atoms with E-state index in [2.05, 4.69) is 13.0 Å². The number of carboxylic acid groups (broad SMARTS) is 1. The van der Waals surface area contributed by atoms with Gasteiger partial charge in [0, 0.05) is 12.2 Å². The van der Waals surface area contributed by atoms with Crippen molar-refractivity contribution in [3.63, 3.8) is 0 Å². The molecule has 0 amide bonds. The molecule has 2 fully saturated rings. The average Bonchev–Trinajstić information content (AvgIpc) is 2.94. The highest BCUT2D eigenvalue weighted by Crippen LogP contribution is 2.60. The number of aliphatic hydroxyl groups is 1. The van der Waals surface area contributed by atoms with Gasteiger partial charge >= 0.3 is 11.9 Å². The molecule has 27 heavy (non-hydrogen) atoms. The number of esters is 1. The normalized spacial score (nSPS) is 34.6. The smallest absolute Gasteiger partial charge is 0.336 e. The van der Waals surface area contributed by atoms with Gasteiger partial charge in [-0.1, -0.05) is 13.0 Å². The Morgan fingerprint density at radius 1 is 1.19 bits per heavy atom. The third kappa shape index (κ3) is 3.18. The second-order valence-electron chi connectivity index (χ2n) is 8.51. The molecule has 0 spiro atoms. The lowest BCUT2D eigenvalue weighted by molar-refractivity contribution is -0.133. The van der Waals surface area contributed by atoms with E-state index in [0.717, 1.165) is 50.7 Å². The molecule has 144 valence electrons. The molecule has 4 rings (SSSR count). The summed E-state index contributed by atoms with van der Waals surface area (Å²) < 4.78 is 5.24. The standard InChI is InChI=1S/C22H26O5/c1-22-11-10-16-15-5-3-14(27-21(26)9-8-20(24)25)12-13(15)2-4-17(16)18(22)6-7-19(22)23/h3,5,8-9,12,16-19,23H,2,4,6-7,10-11H2,1H3,(H,24,25)/t16?,17?,18?,19-,22-/m0/s1. The van der Waals surface area contributed by atoms with Crippen molar-refractivity contribution in [2.24, 2.45) is 17.3 Å². The lowest BCUT2D eigenvalue weighted by Gasteiger charge is -2.50. The van der Waals surface area contributed by atoms with Gasteiger partial charge in [-0.05, 0) is 85.0 Å². The minimum atomic E-state index is -1.18. The Balaban J connectivity index is 1.53. The number of fused-ring (bicyclic) bond motifs is 5. The van der Waals surface area contributed by atoms with Crippen LogP contribution in [-0.4, -0.2) is 28.3 Å². The van der Waals surface area contributed by atoms with Crippen LogP contribution in [0.15, 0.2) is 30.4 Å². The van der Waals surface area contributed by atoms with E-state index in [1.165, 1.54) is 11.1 Å². The maximum atomic E-state index is 11.7. The Kier molecular flexibility index (Phi) is 4.58. The van der Waals surface area contributed by atoms with Gasteiger partial charge < -0.3 is 14.9 Å². The Bertz CT molecular complexity index is 798. The molecule has 0 saturated heterocycles. The molecule has 0 bridgehead atoms. The molecule has 3 aliphatic carbocycles. The summed E-state index contributed by atoms with van der Waals surface area (Å²) in [5.41, 5.74) is 2.66. The van der Waals surface area contributed by atoms with Crippen molar-refractivity contribution in [2.75, 3.05) is 0 Å². The predicted octanol–water partition coefficient (Wildman–Crippen LogP) is 3.45. The molecule has 1 aromatic rings. The van der Waals surface area contributed by atoms with Crippen LogP contribution in [0, 0.1) is 17.3 Å². The summed E-state index contributed by atoms with van der Waals surface area (Å²) in [6.07, 6.45) is 7.82. The van der Waals surface area contributed by atoms with Crippen molar-refractivity contribution in [2.45, 2.75) is 57.5 Å². The summed E-state index contributed by atoms with van der Waals surface area (Å²) in [6, 6.07) is 5.81. The van der Waals surface area contributed by atoms with Crippen LogP contribution in [0.5, 0.6) is 5.75 Å². The second-order valence-corrected chi connectivity index (χ2v) is 8.51. The van der Waals surface area contributed by atoms with E-state index in [1.807, 2.05) is 12.1 Å². The Hall–Kier alpha value is -2.14. The minimum absolute atomic E-state index is 0.0740. The van der Waals surface area contributed by atoms with Crippen molar-refractivity contribution >= 4 is 11.9 Å². The van der Waals surface area contributed by atoms with Gasteiger partial charge in [-0.2, -0.15) is 0 Å². The number of aliphatic hydroxyl groups excluding tert-OH is 1. The summed E-state index contributed by atoms with van der Waals surface area (Å²) in [6.45, 7) is 2.27. The number of hydrogen-bond acceptors (Lipinski definition) is 4. The van der Waals surface area contributed by atoms with Crippen LogP contribution in [0.25, 0.3) is 0 Å². The molecule has 5 nitrogen and oxygen atoms in total. The first kappa shape index (κ1) is 18.2. The zero-order valence-corrected chi connectivity index (χ0v) is 15.6. The van der Waals surface area contributed by atoms with Crippen molar-refractivity contribution < 1.29 is 24.5 Å². The minimum Gasteiger partial charge on any atom is -0.478 e. The van der Waals surface area contributed by atoms with Crippen molar-refractivity contribution in [3.05, 3.63) is 41.5 Å².